The highest BCUT2D eigenvalue weighted by Crippen LogP contribution is 2.11. The predicted molar refractivity (Wildman–Crippen MR) is 88.8 cm³/mol. The maximum absolute atomic E-state index is 12.5. The summed E-state index contributed by atoms with van der Waals surface area (Å²) in [5, 5.41) is 12.4. The maximum atomic E-state index is 12.5. The van der Waals surface area contributed by atoms with Crippen LogP contribution < -0.4 is 11.1 Å². The van der Waals surface area contributed by atoms with Crippen molar-refractivity contribution in [1.82, 2.24) is 15.1 Å². The number of urea groups is 1. The van der Waals surface area contributed by atoms with Gasteiger partial charge in [-0.1, -0.05) is 0 Å². The van der Waals surface area contributed by atoms with Crippen LogP contribution in [0.4, 0.5) is 4.79 Å². The van der Waals surface area contributed by atoms with Gasteiger partial charge in [0.15, 0.2) is 0 Å². The number of piperazine rings is 1. The van der Waals surface area contributed by atoms with E-state index in [2.05, 4.69) is 10.2 Å². The highest BCUT2D eigenvalue weighted by Gasteiger charge is 2.29. The average molecular weight is 332 g/mol. The number of nitrogens with two attached hydrogens (primary N) is 1. The number of hydrogen-bond acceptors (Lipinski definition) is 5. The van der Waals surface area contributed by atoms with Crippen LogP contribution in [0.15, 0.2) is 0 Å². The van der Waals surface area contributed by atoms with Gasteiger partial charge in [0.05, 0.1) is 5.60 Å². The van der Waals surface area contributed by atoms with Gasteiger partial charge in [-0.3, -0.25) is 9.69 Å². The first kappa shape index (κ1) is 19.1. The molecule has 7 nitrogen and oxygen atoms in total. The molecule has 1 aliphatic heterocycles. The van der Waals surface area contributed by atoms with Crippen molar-refractivity contribution in [2.75, 3.05) is 44.7 Å². The van der Waals surface area contributed by atoms with Gasteiger partial charge in [-0.25, -0.2) is 4.79 Å². The summed E-state index contributed by atoms with van der Waals surface area (Å²) in [6.07, 6.45) is 2.54. The van der Waals surface area contributed by atoms with Crippen LogP contribution in [0.1, 0.15) is 20.3 Å². The summed E-state index contributed by atoms with van der Waals surface area (Å²) in [5.74, 6) is 0.714. The highest BCUT2D eigenvalue weighted by atomic mass is 32.2. The van der Waals surface area contributed by atoms with Gasteiger partial charge < -0.3 is 21.1 Å². The molecule has 0 unspecified atom stereocenters. The van der Waals surface area contributed by atoms with Crippen LogP contribution in [0.5, 0.6) is 0 Å². The van der Waals surface area contributed by atoms with Crippen LogP contribution in [-0.2, 0) is 4.79 Å². The molecule has 0 radical (unpaired) electrons. The number of amides is 3. The molecule has 0 saturated carbocycles. The minimum atomic E-state index is -0.736. The van der Waals surface area contributed by atoms with Gasteiger partial charge in [0.25, 0.3) is 0 Å². The molecule has 4 N–H and O–H groups in total. The van der Waals surface area contributed by atoms with Crippen LogP contribution in [0.2, 0.25) is 0 Å². The first-order chi connectivity index (χ1) is 10.2. The van der Waals surface area contributed by atoms with E-state index in [1.807, 2.05) is 6.26 Å². The third-order valence-electron chi connectivity index (χ3n) is 3.52. The van der Waals surface area contributed by atoms with Crippen molar-refractivity contribution in [1.29, 1.82) is 0 Å². The topological polar surface area (TPSA) is 98.9 Å². The van der Waals surface area contributed by atoms with Gasteiger partial charge in [0.2, 0.25) is 5.91 Å². The molecule has 1 atom stereocenters. The molecular weight excluding hydrogens is 304 g/mol. The number of thioether (sulfide) groups is 1. The first-order valence-electron chi connectivity index (χ1n) is 7.51. The average Bonchev–Trinajstić information content (AvgIpc) is 2.41. The molecule has 0 aromatic rings. The van der Waals surface area contributed by atoms with Gasteiger partial charge in [-0.05, 0) is 32.3 Å². The normalized spacial score (nSPS) is 18.1. The largest absolute Gasteiger partial charge is 0.389 e. The van der Waals surface area contributed by atoms with Gasteiger partial charge in [-0.15, -0.1) is 0 Å². The van der Waals surface area contributed by atoms with Crippen molar-refractivity contribution >= 4 is 23.7 Å². The third kappa shape index (κ3) is 6.85. The second-order valence-corrected chi connectivity index (χ2v) is 7.24. The standard InChI is InChI=1S/C14H28N4O3S/c1-14(2,21)10-17-5-7-18(8-6-17)12(19)11(4-9-22-3)16-13(15)20/h11,21H,4-10H2,1-3H3,(H3,15,16,20)/t11-/m1/s1. The van der Waals surface area contributed by atoms with Crippen LogP contribution in [-0.4, -0.2) is 83.2 Å². The Morgan fingerprint density at radius 1 is 1.32 bits per heavy atom. The SMILES string of the molecule is CSCC[C@@H](NC(N)=O)C(=O)N1CCN(CC(C)(C)O)CC1. The molecule has 1 heterocycles. The van der Waals surface area contributed by atoms with E-state index in [1.54, 1.807) is 30.5 Å². The smallest absolute Gasteiger partial charge is 0.312 e. The fraction of sp³-hybridized carbons (Fsp3) is 0.857. The lowest BCUT2D eigenvalue weighted by Crippen LogP contribution is -2.57. The van der Waals surface area contributed by atoms with E-state index >= 15 is 0 Å². The number of rotatable bonds is 7. The lowest BCUT2D eigenvalue weighted by atomic mass is 10.1. The number of nitrogens with one attached hydrogen (secondary N) is 1. The molecule has 3 amide bonds. The minimum Gasteiger partial charge on any atom is -0.389 e. The summed E-state index contributed by atoms with van der Waals surface area (Å²) in [4.78, 5) is 27.5. The van der Waals surface area contributed by atoms with Crippen molar-refractivity contribution in [3.63, 3.8) is 0 Å². The predicted octanol–water partition coefficient (Wildman–Crippen LogP) is -0.308. The molecule has 22 heavy (non-hydrogen) atoms. The number of β-amino-alcohol motifs (C(OH)–C–C–N with tert-alkyl or cyclic N) is 1. The second kappa shape index (κ2) is 8.59. The summed E-state index contributed by atoms with van der Waals surface area (Å²) in [7, 11) is 0. The molecule has 8 heteroatoms. The summed E-state index contributed by atoms with van der Waals surface area (Å²) in [5.41, 5.74) is 4.42. The highest BCUT2D eigenvalue weighted by molar-refractivity contribution is 7.98. The fourth-order valence-corrected chi connectivity index (χ4v) is 3.03. The fourth-order valence-electron chi connectivity index (χ4n) is 2.56. The van der Waals surface area contributed by atoms with E-state index in [9.17, 15) is 14.7 Å². The number of primary amides is 1. The number of hydrogen-bond donors (Lipinski definition) is 3. The van der Waals surface area contributed by atoms with Gasteiger partial charge in [0, 0.05) is 32.7 Å². The van der Waals surface area contributed by atoms with Crippen LogP contribution in [0.3, 0.4) is 0 Å². The summed E-state index contributed by atoms with van der Waals surface area (Å²) < 4.78 is 0. The molecule has 0 aromatic carbocycles. The molecular formula is C14H28N4O3S. The Morgan fingerprint density at radius 3 is 2.36 bits per heavy atom. The monoisotopic (exact) mass is 332 g/mol. The minimum absolute atomic E-state index is 0.0734. The third-order valence-corrected chi connectivity index (χ3v) is 4.16. The van der Waals surface area contributed by atoms with E-state index in [4.69, 9.17) is 5.73 Å². The Balaban J connectivity index is 2.52. The zero-order valence-corrected chi connectivity index (χ0v) is 14.5. The van der Waals surface area contributed by atoms with Crippen molar-refractivity contribution < 1.29 is 14.7 Å². The van der Waals surface area contributed by atoms with Gasteiger partial charge >= 0.3 is 6.03 Å². The van der Waals surface area contributed by atoms with E-state index in [-0.39, 0.29) is 5.91 Å². The molecule has 128 valence electrons. The summed E-state index contributed by atoms with van der Waals surface area (Å²) in [6.45, 7) is 6.79. The molecule has 0 aromatic heterocycles. The summed E-state index contributed by atoms with van der Waals surface area (Å²) in [6, 6.07) is -1.22. The van der Waals surface area contributed by atoms with E-state index in [0.717, 1.165) is 18.8 Å². The molecule has 1 saturated heterocycles. The molecule has 1 rings (SSSR count). The maximum Gasteiger partial charge on any atom is 0.312 e. The quantitative estimate of drug-likeness (QED) is 0.594. The van der Waals surface area contributed by atoms with E-state index in [1.165, 1.54) is 0 Å². The lowest BCUT2D eigenvalue weighted by Gasteiger charge is -2.38. The Bertz CT molecular complexity index is 379. The Labute approximate surface area is 136 Å². The van der Waals surface area contributed by atoms with Crippen molar-refractivity contribution in [3.8, 4) is 0 Å². The molecule has 0 spiro atoms. The Hall–Kier alpha value is -0.990. The van der Waals surface area contributed by atoms with E-state index < -0.39 is 17.7 Å². The molecule has 0 aliphatic carbocycles. The molecule has 1 fully saturated rings. The number of carbonyl (C=O) groups is 2. The van der Waals surface area contributed by atoms with Crippen LogP contribution >= 0.6 is 11.8 Å². The molecule has 0 bridgehead atoms. The van der Waals surface area contributed by atoms with Crippen LogP contribution in [0, 0.1) is 0 Å². The van der Waals surface area contributed by atoms with Crippen molar-refractivity contribution in [2.24, 2.45) is 5.73 Å². The van der Waals surface area contributed by atoms with Crippen molar-refractivity contribution in [3.05, 3.63) is 0 Å². The lowest BCUT2D eigenvalue weighted by molar-refractivity contribution is -0.135. The van der Waals surface area contributed by atoms with E-state index in [0.29, 0.717) is 26.1 Å². The van der Waals surface area contributed by atoms with Gasteiger partial charge in [0.1, 0.15) is 6.04 Å². The van der Waals surface area contributed by atoms with Gasteiger partial charge in [-0.2, -0.15) is 11.8 Å². The number of aliphatic hydroxyl groups is 1. The Kier molecular flexibility index (Phi) is 7.44. The first-order valence-corrected chi connectivity index (χ1v) is 8.91. The molecule has 1 aliphatic rings. The second-order valence-electron chi connectivity index (χ2n) is 6.26. The van der Waals surface area contributed by atoms with Crippen molar-refractivity contribution in [2.45, 2.75) is 31.9 Å². The zero-order chi connectivity index (χ0) is 16.8. The Morgan fingerprint density at radius 2 is 1.91 bits per heavy atom. The number of nitrogens with zero attached hydrogens (tertiary/aromatic N) is 2. The zero-order valence-electron chi connectivity index (χ0n) is 13.7. The number of carbonyl (C=O) groups excluding carboxylic acids is 2. The van der Waals surface area contributed by atoms with Crippen LogP contribution in [0.25, 0.3) is 0 Å². The summed E-state index contributed by atoms with van der Waals surface area (Å²) >= 11 is 1.63.